The number of nitrogens with one attached hydrogen (secondary N) is 1. The molecule has 3 rings (SSSR count). The molecule has 0 saturated carbocycles. The van der Waals surface area contributed by atoms with E-state index < -0.39 is 0 Å². The van der Waals surface area contributed by atoms with Gasteiger partial charge < -0.3 is 5.32 Å². The van der Waals surface area contributed by atoms with Crippen LogP contribution >= 0.6 is 0 Å². The van der Waals surface area contributed by atoms with Crippen molar-refractivity contribution < 1.29 is 4.79 Å². The van der Waals surface area contributed by atoms with Crippen molar-refractivity contribution in [3.63, 3.8) is 0 Å². The Morgan fingerprint density at radius 1 is 1.35 bits per heavy atom. The predicted molar refractivity (Wildman–Crippen MR) is 89.1 cm³/mol. The molecule has 2 aromatic rings. The maximum atomic E-state index is 12.8. The molecule has 2 aromatic heterocycles. The Bertz CT molecular complexity index is 681. The van der Waals surface area contributed by atoms with Crippen LogP contribution in [0.2, 0.25) is 0 Å². The number of hydrogen-bond donors (Lipinski definition) is 1. The quantitative estimate of drug-likeness (QED) is 0.915. The first kappa shape index (κ1) is 15.7. The zero-order valence-electron chi connectivity index (χ0n) is 13.7. The van der Waals surface area contributed by atoms with Crippen LogP contribution in [0, 0.1) is 6.92 Å². The Morgan fingerprint density at radius 3 is 3.00 bits per heavy atom. The van der Waals surface area contributed by atoms with Crippen LogP contribution in [0.5, 0.6) is 0 Å². The lowest BCUT2D eigenvalue weighted by Crippen LogP contribution is -2.51. The van der Waals surface area contributed by atoms with E-state index in [1.165, 1.54) is 0 Å². The molecule has 1 atom stereocenters. The monoisotopic (exact) mass is 313 g/mol. The molecule has 0 radical (unpaired) electrons. The molecule has 23 heavy (non-hydrogen) atoms. The van der Waals surface area contributed by atoms with E-state index in [9.17, 15) is 4.79 Å². The van der Waals surface area contributed by atoms with Gasteiger partial charge in [-0.15, -0.1) is 0 Å². The topological polar surface area (TPSA) is 63.1 Å². The summed E-state index contributed by atoms with van der Waals surface area (Å²) < 4.78 is 1.87. The summed E-state index contributed by atoms with van der Waals surface area (Å²) in [5.41, 5.74) is 2.14. The Morgan fingerprint density at radius 2 is 2.22 bits per heavy atom. The van der Waals surface area contributed by atoms with Crippen LogP contribution in [0.4, 0.5) is 5.82 Å². The molecule has 6 heteroatoms. The van der Waals surface area contributed by atoms with Gasteiger partial charge >= 0.3 is 0 Å². The second kappa shape index (κ2) is 6.91. The zero-order valence-corrected chi connectivity index (χ0v) is 13.7. The summed E-state index contributed by atoms with van der Waals surface area (Å²) in [5.74, 6) is 1.02. The van der Waals surface area contributed by atoms with Gasteiger partial charge in [0.25, 0.3) is 0 Å². The summed E-state index contributed by atoms with van der Waals surface area (Å²) in [6, 6.07) is 5.74. The largest absolute Gasteiger partial charge is 0.302 e. The lowest BCUT2D eigenvalue weighted by atomic mass is 10.0. The van der Waals surface area contributed by atoms with E-state index >= 15 is 0 Å². The van der Waals surface area contributed by atoms with E-state index in [1.807, 2.05) is 41.6 Å². The van der Waals surface area contributed by atoms with E-state index in [0.29, 0.717) is 6.54 Å². The molecule has 0 aromatic carbocycles. The Hall–Kier alpha value is -2.21. The number of anilines is 1. The number of piperidine rings is 1. The van der Waals surface area contributed by atoms with Crippen LogP contribution in [0.15, 0.2) is 30.6 Å². The normalized spacial score (nSPS) is 18.4. The SMILES string of the molecule is CCn1nccc1N1CCCC(NCc2cccnc2C)C1=O. The van der Waals surface area contributed by atoms with Crippen molar-refractivity contribution in [3.8, 4) is 0 Å². The van der Waals surface area contributed by atoms with Crippen LogP contribution in [-0.2, 0) is 17.9 Å². The van der Waals surface area contributed by atoms with Crippen LogP contribution in [0.3, 0.4) is 0 Å². The third-order valence-corrected chi connectivity index (χ3v) is 4.36. The lowest BCUT2D eigenvalue weighted by Gasteiger charge is -2.32. The molecule has 0 bridgehead atoms. The summed E-state index contributed by atoms with van der Waals surface area (Å²) >= 11 is 0. The third-order valence-electron chi connectivity index (χ3n) is 4.36. The number of aryl methyl sites for hydroxylation is 2. The van der Waals surface area contributed by atoms with Gasteiger partial charge in [0.2, 0.25) is 5.91 Å². The average Bonchev–Trinajstić information content (AvgIpc) is 3.03. The molecule has 0 spiro atoms. The molecule has 0 aliphatic carbocycles. The number of rotatable bonds is 5. The minimum absolute atomic E-state index is 0.132. The number of amides is 1. The van der Waals surface area contributed by atoms with Crippen molar-refractivity contribution in [1.82, 2.24) is 20.1 Å². The summed E-state index contributed by atoms with van der Waals surface area (Å²) in [6.07, 6.45) is 5.40. The van der Waals surface area contributed by atoms with Crippen molar-refractivity contribution in [1.29, 1.82) is 0 Å². The zero-order chi connectivity index (χ0) is 16.2. The third kappa shape index (κ3) is 3.27. The molecule has 122 valence electrons. The first-order valence-corrected chi connectivity index (χ1v) is 8.17. The van der Waals surface area contributed by atoms with Crippen molar-refractivity contribution in [2.24, 2.45) is 0 Å². The minimum atomic E-state index is -0.149. The van der Waals surface area contributed by atoms with E-state index in [0.717, 1.165) is 43.0 Å². The van der Waals surface area contributed by atoms with E-state index in [4.69, 9.17) is 0 Å². The van der Waals surface area contributed by atoms with Gasteiger partial charge in [0.15, 0.2) is 0 Å². The van der Waals surface area contributed by atoms with Gasteiger partial charge in [-0.05, 0) is 38.3 Å². The summed E-state index contributed by atoms with van der Waals surface area (Å²) in [4.78, 5) is 19.0. The second-order valence-electron chi connectivity index (χ2n) is 5.82. The summed E-state index contributed by atoms with van der Waals surface area (Å²) in [6.45, 7) is 6.21. The number of carbonyl (C=O) groups is 1. The molecule has 1 N–H and O–H groups in total. The maximum Gasteiger partial charge on any atom is 0.245 e. The standard InChI is InChI=1S/C17H23N5O/c1-3-22-16(8-10-20-22)21-11-5-7-15(17(21)23)19-12-14-6-4-9-18-13(14)2/h4,6,8-10,15,19H,3,5,7,11-12H2,1-2H3. The Balaban J connectivity index is 1.69. The highest BCUT2D eigenvalue weighted by Gasteiger charge is 2.30. The second-order valence-corrected chi connectivity index (χ2v) is 5.82. The highest BCUT2D eigenvalue weighted by Crippen LogP contribution is 2.21. The molecule has 1 aliphatic heterocycles. The summed E-state index contributed by atoms with van der Waals surface area (Å²) in [7, 11) is 0. The number of aromatic nitrogens is 3. The minimum Gasteiger partial charge on any atom is -0.302 e. The lowest BCUT2D eigenvalue weighted by molar-refractivity contribution is -0.121. The Kier molecular flexibility index (Phi) is 4.71. The van der Waals surface area contributed by atoms with Gasteiger partial charge in [-0.1, -0.05) is 6.07 Å². The van der Waals surface area contributed by atoms with E-state index in [2.05, 4.69) is 15.4 Å². The fraction of sp³-hybridized carbons (Fsp3) is 0.471. The van der Waals surface area contributed by atoms with Crippen LogP contribution in [0.1, 0.15) is 31.0 Å². The number of carbonyl (C=O) groups excluding carboxylic acids is 1. The fourth-order valence-electron chi connectivity index (χ4n) is 3.03. The molecular weight excluding hydrogens is 290 g/mol. The van der Waals surface area contributed by atoms with Gasteiger partial charge in [-0.25, -0.2) is 4.68 Å². The molecule has 1 aliphatic rings. The first-order chi connectivity index (χ1) is 11.2. The van der Waals surface area contributed by atoms with Gasteiger partial charge in [-0.2, -0.15) is 5.10 Å². The molecule has 1 amide bonds. The van der Waals surface area contributed by atoms with Crippen molar-refractivity contribution >= 4 is 11.7 Å². The smallest absolute Gasteiger partial charge is 0.245 e. The molecule has 1 unspecified atom stereocenters. The van der Waals surface area contributed by atoms with Crippen molar-refractivity contribution in [3.05, 3.63) is 41.9 Å². The number of pyridine rings is 1. The van der Waals surface area contributed by atoms with E-state index in [-0.39, 0.29) is 11.9 Å². The van der Waals surface area contributed by atoms with Crippen LogP contribution in [-0.4, -0.2) is 33.3 Å². The first-order valence-electron chi connectivity index (χ1n) is 8.17. The average molecular weight is 313 g/mol. The van der Waals surface area contributed by atoms with E-state index in [1.54, 1.807) is 12.4 Å². The number of hydrogen-bond acceptors (Lipinski definition) is 4. The van der Waals surface area contributed by atoms with Gasteiger partial charge in [0.05, 0.1) is 12.2 Å². The maximum absolute atomic E-state index is 12.8. The summed E-state index contributed by atoms with van der Waals surface area (Å²) in [5, 5.41) is 7.67. The van der Waals surface area contributed by atoms with Crippen LogP contribution in [0.25, 0.3) is 0 Å². The van der Waals surface area contributed by atoms with Crippen molar-refractivity contribution in [2.75, 3.05) is 11.4 Å². The van der Waals surface area contributed by atoms with Gasteiger partial charge in [-0.3, -0.25) is 14.7 Å². The number of nitrogens with zero attached hydrogens (tertiary/aromatic N) is 4. The molecule has 1 saturated heterocycles. The molecule has 1 fully saturated rings. The highest BCUT2D eigenvalue weighted by molar-refractivity contribution is 5.97. The fourth-order valence-corrected chi connectivity index (χ4v) is 3.03. The van der Waals surface area contributed by atoms with Gasteiger partial charge in [0.1, 0.15) is 5.82 Å². The Labute approximate surface area is 136 Å². The molecule has 6 nitrogen and oxygen atoms in total. The van der Waals surface area contributed by atoms with Crippen molar-refractivity contribution in [2.45, 2.75) is 45.8 Å². The highest BCUT2D eigenvalue weighted by atomic mass is 16.2. The molecule has 3 heterocycles. The van der Waals surface area contributed by atoms with Gasteiger partial charge in [0, 0.05) is 37.6 Å². The predicted octanol–water partition coefficient (Wildman–Crippen LogP) is 1.89. The molecular formula is C17H23N5O. The van der Waals surface area contributed by atoms with Crippen LogP contribution < -0.4 is 10.2 Å².